The standard InChI is InChI=1S/C20H15NO2/c1-21(16-9-3-2-4-10-16)20-13-18(22)17-11-14-7-5-6-8-15(14)12-19(17)23-20/h2-13H,1H3. The minimum Gasteiger partial charge on any atom is -0.440 e. The van der Waals surface area contributed by atoms with Gasteiger partial charge < -0.3 is 9.32 Å². The van der Waals surface area contributed by atoms with Crippen molar-refractivity contribution in [2.24, 2.45) is 0 Å². The fourth-order valence-electron chi connectivity index (χ4n) is 2.77. The maximum Gasteiger partial charge on any atom is 0.204 e. The van der Waals surface area contributed by atoms with Crippen LogP contribution in [0.25, 0.3) is 21.7 Å². The lowest BCUT2D eigenvalue weighted by Gasteiger charge is -2.17. The summed E-state index contributed by atoms with van der Waals surface area (Å²) >= 11 is 0. The Morgan fingerprint density at radius 2 is 1.48 bits per heavy atom. The highest BCUT2D eigenvalue weighted by Crippen LogP contribution is 2.27. The predicted octanol–water partition coefficient (Wildman–Crippen LogP) is 4.71. The van der Waals surface area contributed by atoms with E-state index in [-0.39, 0.29) is 5.43 Å². The first kappa shape index (κ1) is 13.6. The van der Waals surface area contributed by atoms with Gasteiger partial charge in [0, 0.05) is 18.8 Å². The molecule has 3 nitrogen and oxygen atoms in total. The van der Waals surface area contributed by atoms with Gasteiger partial charge >= 0.3 is 0 Å². The number of anilines is 2. The van der Waals surface area contributed by atoms with Crippen LogP contribution in [0, 0.1) is 0 Å². The first-order valence-corrected chi connectivity index (χ1v) is 7.48. The maximum absolute atomic E-state index is 12.5. The minimum absolute atomic E-state index is 0.0326. The first-order chi connectivity index (χ1) is 11.2. The summed E-state index contributed by atoms with van der Waals surface area (Å²) in [6.07, 6.45) is 0. The van der Waals surface area contributed by atoms with Crippen molar-refractivity contribution in [2.75, 3.05) is 11.9 Å². The molecule has 0 bridgehead atoms. The van der Waals surface area contributed by atoms with Gasteiger partial charge in [-0.05, 0) is 35.0 Å². The van der Waals surface area contributed by atoms with Crippen molar-refractivity contribution in [3.05, 3.63) is 83.0 Å². The highest BCUT2D eigenvalue weighted by atomic mass is 16.4. The van der Waals surface area contributed by atoms with E-state index in [4.69, 9.17) is 4.42 Å². The van der Waals surface area contributed by atoms with Crippen LogP contribution in [-0.2, 0) is 0 Å². The molecule has 112 valence electrons. The molecule has 23 heavy (non-hydrogen) atoms. The molecule has 0 aliphatic rings. The summed E-state index contributed by atoms with van der Waals surface area (Å²) in [5.74, 6) is 0.531. The SMILES string of the molecule is CN(c1ccccc1)c1cc(=O)c2cc3ccccc3cc2o1. The predicted molar refractivity (Wildman–Crippen MR) is 94.5 cm³/mol. The van der Waals surface area contributed by atoms with Crippen LogP contribution in [0.15, 0.2) is 82.0 Å². The van der Waals surface area contributed by atoms with E-state index >= 15 is 0 Å². The number of rotatable bonds is 2. The van der Waals surface area contributed by atoms with Crippen molar-refractivity contribution in [1.29, 1.82) is 0 Å². The third-order valence-electron chi connectivity index (χ3n) is 4.06. The molecule has 3 heteroatoms. The molecule has 0 N–H and O–H groups in total. The average molecular weight is 301 g/mol. The second-order valence-electron chi connectivity index (χ2n) is 5.54. The Morgan fingerprint density at radius 3 is 2.22 bits per heavy atom. The number of fused-ring (bicyclic) bond motifs is 2. The van der Waals surface area contributed by atoms with Gasteiger partial charge in [-0.15, -0.1) is 0 Å². The fraction of sp³-hybridized carbons (Fsp3) is 0.0500. The highest BCUT2D eigenvalue weighted by Gasteiger charge is 2.11. The van der Waals surface area contributed by atoms with Gasteiger partial charge in [0.05, 0.1) is 5.39 Å². The molecule has 4 aromatic rings. The molecule has 1 heterocycles. The second kappa shape index (κ2) is 5.29. The zero-order chi connectivity index (χ0) is 15.8. The smallest absolute Gasteiger partial charge is 0.204 e. The summed E-state index contributed by atoms with van der Waals surface area (Å²) < 4.78 is 5.99. The Labute approximate surface area is 133 Å². The summed E-state index contributed by atoms with van der Waals surface area (Å²) in [4.78, 5) is 14.4. The zero-order valence-corrected chi connectivity index (χ0v) is 12.7. The van der Waals surface area contributed by atoms with Crippen LogP contribution in [0.2, 0.25) is 0 Å². The van der Waals surface area contributed by atoms with Gasteiger partial charge in [-0.25, -0.2) is 0 Å². The molecular weight excluding hydrogens is 286 g/mol. The topological polar surface area (TPSA) is 33.5 Å². The number of hydrogen-bond donors (Lipinski definition) is 0. The van der Waals surface area contributed by atoms with Crippen LogP contribution >= 0.6 is 0 Å². The van der Waals surface area contributed by atoms with Crippen molar-refractivity contribution in [3.63, 3.8) is 0 Å². The summed E-state index contributed by atoms with van der Waals surface area (Å²) in [5, 5.41) is 2.70. The lowest BCUT2D eigenvalue weighted by Crippen LogP contribution is -2.12. The third-order valence-corrected chi connectivity index (χ3v) is 4.06. The molecular formula is C20H15NO2. The van der Waals surface area contributed by atoms with Crippen LogP contribution in [0.5, 0.6) is 0 Å². The van der Waals surface area contributed by atoms with E-state index in [0.29, 0.717) is 16.9 Å². The van der Waals surface area contributed by atoms with Gasteiger partial charge in [0.1, 0.15) is 5.58 Å². The van der Waals surface area contributed by atoms with Crippen molar-refractivity contribution < 1.29 is 4.42 Å². The Bertz CT molecular complexity index is 1050. The Morgan fingerprint density at radius 1 is 0.826 bits per heavy atom. The molecule has 0 fully saturated rings. The lowest BCUT2D eigenvalue weighted by molar-refractivity contribution is 0.604. The largest absolute Gasteiger partial charge is 0.440 e. The molecule has 0 saturated heterocycles. The minimum atomic E-state index is -0.0326. The molecule has 0 atom stereocenters. The molecule has 0 radical (unpaired) electrons. The van der Waals surface area contributed by atoms with Crippen LogP contribution in [0.4, 0.5) is 11.6 Å². The molecule has 0 aliphatic heterocycles. The van der Waals surface area contributed by atoms with E-state index in [1.165, 1.54) is 0 Å². The molecule has 0 amide bonds. The summed E-state index contributed by atoms with van der Waals surface area (Å²) in [6, 6.07) is 23.1. The van der Waals surface area contributed by atoms with E-state index in [1.807, 2.05) is 78.7 Å². The molecule has 0 aliphatic carbocycles. The van der Waals surface area contributed by atoms with Gasteiger partial charge in [0.25, 0.3) is 0 Å². The van der Waals surface area contributed by atoms with E-state index < -0.39 is 0 Å². The van der Waals surface area contributed by atoms with Gasteiger partial charge in [-0.1, -0.05) is 42.5 Å². The summed E-state index contributed by atoms with van der Waals surface area (Å²) in [6.45, 7) is 0. The van der Waals surface area contributed by atoms with Crippen LogP contribution in [0.3, 0.4) is 0 Å². The zero-order valence-electron chi connectivity index (χ0n) is 12.7. The normalized spacial score (nSPS) is 11.0. The number of hydrogen-bond acceptors (Lipinski definition) is 3. The average Bonchev–Trinajstić information content (AvgIpc) is 2.60. The molecule has 0 unspecified atom stereocenters. The lowest BCUT2D eigenvalue weighted by atomic mass is 10.1. The maximum atomic E-state index is 12.5. The van der Waals surface area contributed by atoms with Gasteiger partial charge in [0.15, 0.2) is 5.43 Å². The summed E-state index contributed by atoms with van der Waals surface area (Å²) in [5.41, 5.74) is 1.54. The quantitative estimate of drug-likeness (QED) is 0.503. The molecule has 4 rings (SSSR count). The Kier molecular flexibility index (Phi) is 3.12. The van der Waals surface area contributed by atoms with E-state index in [9.17, 15) is 4.79 Å². The van der Waals surface area contributed by atoms with Gasteiger partial charge in [0.2, 0.25) is 5.88 Å². The van der Waals surface area contributed by atoms with Crippen LogP contribution in [0.1, 0.15) is 0 Å². The van der Waals surface area contributed by atoms with E-state index in [1.54, 1.807) is 6.07 Å². The van der Waals surface area contributed by atoms with Crippen molar-refractivity contribution in [3.8, 4) is 0 Å². The van der Waals surface area contributed by atoms with Crippen LogP contribution < -0.4 is 10.3 Å². The number of para-hydroxylation sites is 1. The third kappa shape index (κ3) is 2.36. The summed E-state index contributed by atoms with van der Waals surface area (Å²) in [7, 11) is 1.89. The van der Waals surface area contributed by atoms with Gasteiger partial charge in [-0.2, -0.15) is 0 Å². The highest BCUT2D eigenvalue weighted by molar-refractivity contribution is 5.95. The monoisotopic (exact) mass is 301 g/mol. The van der Waals surface area contributed by atoms with E-state index in [2.05, 4.69) is 0 Å². The van der Waals surface area contributed by atoms with Crippen molar-refractivity contribution in [1.82, 2.24) is 0 Å². The molecule has 0 spiro atoms. The Hall–Kier alpha value is -3.07. The second-order valence-corrected chi connectivity index (χ2v) is 5.54. The first-order valence-electron chi connectivity index (χ1n) is 7.48. The molecule has 1 aromatic heterocycles. The fourth-order valence-corrected chi connectivity index (χ4v) is 2.77. The molecule has 0 saturated carbocycles. The van der Waals surface area contributed by atoms with Gasteiger partial charge in [-0.3, -0.25) is 4.79 Å². The van der Waals surface area contributed by atoms with Crippen LogP contribution in [-0.4, -0.2) is 7.05 Å². The number of nitrogens with zero attached hydrogens (tertiary/aromatic N) is 1. The van der Waals surface area contributed by atoms with Crippen molar-refractivity contribution >= 4 is 33.3 Å². The Balaban J connectivity index is 1.92. The van der Waals surface area contributed by atoms with E-state index in [0.717, 1.165) is 16.5 Å². The molecule has 3 aromatic carbocycles. The number of benzene rings is 3. The van der Waals surface area contributed by atoms with Crippen molar-refractivity contribution in [2.45, 2.75) is 0 Å².